The summed E-state index contributed by atoms with van der Waals surface area (Å²) in [6.45, 7) is 4.21. The number of fused-ring (bicyclic) bond motifs is 2. The predicted octanol–water partition coefficient (Wildman–Crippen LogP) is 6.42. The second kappa shape index (κ2) is 7.77. The highest BCUT2D eigenvalue weighted by atomic mass is 32.1. The van der Waals surface area contributed by atoms with Gasteiger partial charge in [-0.1, -0.05) is 29.9 Å². The SMILES string of the molecule is C=C1CCCC[C@H]1Nc1nc2ccc(Oc3ccnc4ccc(C#N)cc34)cc2s1. The lowest BCUT2D eigenvalue weighted by molar-refractivity contribution is 0.489. The summed E-state index contributed by atoms with van der Waals surface area (Å²) in [5.41, 5.74) is 3.59. The summed E-state index contributed by atoms with van der Waals surface area (Å²) in [6, 6.07) is 15.6. The Morgan fingerprint density at radius 3 is 2.90 bits per heavy atom. The standard InChI is InChI=1S/C24H20N4OS/c1-15-4-2-3-5-19(15)27-24-28-21-9-7-17(13-23(21)30-24)29-22-10-11-26-20-8-6-16(14-25)12-18(20)22/h6-13,19H,1-5H2,(H,27,28)/t19-/m1/s1. The molecule has 2 aromatic heterocycles. The lowest BCUT2D eigenvalue weighted by Gasteiger charge is -2.25. The van der Waals surface area contributed by atoms with E-state index in [4.69, 9.17) is 9.72 Å². The molecule has 6 heteroatoms. The largest absolute Gasteiger partial charge is 0.457 e. The minimum absolute atomic E-state index is 0.313. The van der Waals surface area contributed by atoms with Crippen LogP contribution in [0.3, 0.4) is 0 Å². The van der Waals surface area contributed by atoms with E-state index in [0.29, 0.717) is 17.4 Å². The summed E-state index contributed by atoms with van der Waals surface area (Å²) < 4.78 is 7.23. The molecule has 0 radical (unpaired) electrons. The van der Waals surface area contributed by atoms with Gasteiger partial charge in [0.15, 0.2) is 5.13 Å². The summed E-state index contributed by atoms with van der Waals surface area (Å²) in [4.78, 5) is 9.09. The molecule has 30 heavy (non-hydrogen) atoms. The van der Waals surface area contributed by atoms with Gasteiger partial charge in [-0.3, -0.25) is 4.98 Å². The molecule has 0 unspecified atom stereocenters. The number of aromatic nitrogens is 2. The minimum Gasteiger partial charge on any atom is -0.457 e. The van der Waals surface area contributed by atoms with Crippen molar-refractivity contribution in [1.82, 2.24) is 9.97 Å². The lowest BCUT2D eigenvalue weighted by Crippen LogP contribution is -2.24. The Bertz CT molecular complexity index is 1300. The average Bonchev–Trinajstić information content (AvgIpc) is 3.17. The van der Waals surface area contributed by atoms with Crippen LogP contribution in [0.1, 0.15) is 31.2 Å². The summed E-state index contributed by atoms with van der Waals surface area (Å²) in [5, 5.41) is 14.5. The van der Waals surface area contributed by atoms with E-state index in [1.807, 2.05) is 36.4 Å². The van der Waals surface area contributed by atoms with E-state index in [2.05, 4.69) is 22.9 Å². The summed E-state index contributed by atoms with van der Waals surface area (Å²) in [5.74, 6) is 1.41. The second-order valence-electron chi connectivity index (χ2n) is 7.50. The smallest absolute Gasteiger partial charge is 0.184 e. The van der Waals surface area contributed by atoms with Crippen molar-refractivity contribution in [3.8, 4) is 17.6 Å². The van der Waals surface area contributed by atoms with Gasteiger partial charge in [0.2, 0.25) is 0 Å². The molecule has 0 bridgehead atoms. The molecule has 5 rings (SSSR count). The maximum atomic E-state index is 9.20. The molecule has 2 aromatic carbocycles. The molecule has 4 aromatic rings. The van der Waals surface area contributed by atoms with E-state index in [-0.39, 0.29) is 0 Å². The number of anilines is 1. The Kier molecular flexibility index (Phi) is 4.82. The van der Waals surface area contributed by atoms with Crippen molar-refractivity contribution in [2.24, 2.45) is 0 Å². The third-order valence-corrected chi connectivity index (χ3v) is 6.40. The number of ether oxygens (including phenoxy) is 1. The van der Waals surface area contributed by atoms with E-state index < -0.39 is 0 Å². The number of thiazole rings is 1. The van der Waals surface area contributed by atoms with Gasteiger partial charge in [0.1, 0.15) is 11.5 Å². The van der Waals surface area contributed by atoms with Gasteiger partial charge in [0, 0.05) is 23.7 Å². The number of benzene rings is 2. The van der Waals surface area contributed by atoms with Crippen LogP contribution in [0.2, 0.25) is 0 Å². The van der Waals surface area contributed by atoms with Gasteiger partial charge in [-0.15, -0.1) is 0 Å². The van der Waals surface area contributed by atoms with Crippen LogP contribution in [0.4, 0.5) is 5.13 Å². The highest BCUT2D eigenvalue weighted by Gasteiger charge is 2.18. The van der Waals surface area contributed by atoms with E-state index in [9.17, 15) is 5.26 Å². The number of nitriles is 1. The summed E-state index contributed by atoms with van der Waals surface area (Å²) in [6.07, 6.45) is 6.38. The van der Waals surface area contributed by atoms with Crippen LogP contribution < -0.4 is 10.1 Å². The molecule has 5 nitrogen and oxygen atoms in total. The second-order valence-corrected chi connectivity index (χ2v) is 8.54. The topological polar surface area (TPSA) is 70.8 Å². The van der Waals surface area contributed by atoms with Crippen molar-refractivity contribution < 1.29 is 4.74 Å². The first-order valence-electron chi connectivity index (χ1n) is 10.0. The maximum absolute atomic E-state index is 9.20. The van der Waals surface area contributed by atoms with Crippen molar-refractivity contribution in [2.75, 3.05) is 5.32 Å². The van der Waals surface area contributed by atoms with Gasteiger partial charge in [0.05, 0.1) is 27.4 Å². The Balaban J connectivity index is 1.42. The van der Waals surface area contributed by atoms with Crippen molar-refractivity contribution in [2.45, 2.75) is 31.7 Å². The van der Waals surface area contributed by atoms with Gasteiger partial charge in [-0.05, 0) is 55.7 Å². The van der Waals surface area contributed by atoms with E-state index in [1.165, 1.54) is 18.4 Å². The quantitative estimate of drug-likeness (QED) is 0.392. The number of hydrogen-bond acceptors (Lipinski definition) is 6. The summed E-state index contributed by atoms with van der Waals surface area (Å²) >= 11 is 1.63. The molecule has 1 fully saturated rings. The third-order valence-electron chi connectivity index (χ3n) is 5.45. The van der Waals surface area contributed by atoms with Crippen LogP contribution in [0.25, 0.3) is 21.1 Å². The zero-order valence-electron chi connectivity index (χ0n) is 16.4. The highest BCUT2D eigenvalue weighted by molar-refractivity contribution is 7.22. The third kappa shape index (κ3) is 3.60. The zero-order valence-corrected chi connectivity index (χ0v) is 17.2. The molecule has 1 aliphatic carbocycles. The monoisotopic (exact) mass is 412 g/mol. The molecule has 0 saturated heterocycles. The first kappa shape index (κ1) is 18.6. The Hall–Kier alpha value is -3.43. The van der Waals surface area contributed by atoms with Crippen LogP contribution in [-0.4, -0.2) is 16.0 Å². The molecule has 0 spiro atoms. The van der Waals surface area contributed by atoms with E-state index >= 15 is 0 Å². The molecule has 0 aliphatic heterocycles. The van der Waals surface area contributed by atoms with Crippen LogP contribution in [0.15, 0.2) is 60.8 Å². The van der Waals surface area contributed by atoms with Gasteiger partial charge in [-0.2, -0.15) is 5.26 Å². The van der Waals surface area contributed by atoms with Crippen LogP contribution in [0.5, 0.6) is 11.5 Å². The number of nitrogens with one attached hydrogen (secondary N) is 1. The first-order valence-corrected chi connectivity index (χ1v) is 10.8. The molecule has 1 N–H and O–H groups in total. The fourth-order valence-corrected chi connectivity index (χ4v) is 4.79. The fraction of sp³-hybridized carbons (Fsp3) is 0.208. The molecule has 1 atom stereocenters. The summed E-state index contributed by atoms with van der Waals surface area (Å²) in [7, 11) is 0. The molecular formula is C24H20N4OS. The number of nitrogens with zero attached hydrogens (tertiary/aromatic N) is 3. The van der Waals surface area contributed by atoms with E-state index in [0.717, 1.165) is 44.8 Å². The lowest BCUT2D eigenvalue weighted by atomic mass is 9.91. The van der Waals surface area contributed by atoms with Crippen molar-refractivity contribution in [1.29, 1.82) is 5.26 Å². The Morgan fingerprint density at radius 1 is 1.13 bits per heavy atom. The van der Waals surface area contributed by atoms with Crippen molar-refractivity contribution >= 4 is 37.6 Å². The maximum Gasteiger partial charge on any atom is 0.184 e. The molecule has 1 saturated carbocycles. The van der Waals surface area contributed by atoms with Gasteiger partial charge < -0.3 is 10.1 Å². The minimum atomic E-state index is 0.313. The van der Waals surface area contributed by atoms with Crippen molar-refractivity contribution in [3.63, 3.8) is 0 Å². The molecule has 148 valence electrons. The molecule has 1 aliphatic rings. The normalized spacial score (nSPS) is 16.5. The number of hydrogen-bond donors (Lipinski definition) is 1. The van der Waals surface area contributed by atoms with Gasteiger partial charge >= 0.3 is 0 Å². The van der Waals surface area contributed by atoms with E-state index in [1.54, 1.807) is 23.6 Å². The number of pyridine rings is 1. The van der Waals surface area contributed by atoms with Crippen LogP contribution in [-0.2, 0) is 0 Å². The van der Waals surface area contributed by atoms with Crippen LogP contribution in [0, 0.1) is 11.3 Å². The first-order chi connectivity index (χ1) is 14.7. The Morgan fingerprint density at radius 2 is 2.03 bits per heavy atom. The number of rotatable bonds is 4. The highest BCUT2D eigenvalue weighted by Crippen LogP contribution is 2.35. The fourth-order valence-electron chi connectivity index (χ4n) is 3.84. The molecule has 0 amide bonds. The molecular weight excluding hydrogens is 392 g/mol. The van der Waals surface area contributed by atoms with Crippen molar-refractivity contribution in [3.05, 3.63) is 66.4 Å². The van der Waals surface area contributed by atoms with Crippen LogP contribution >= 0.6 is 11.3 Å². The van der Waals surface area contributed by atoms with Gasteiger partial charge in [-0.25, -0.2) is 4.98 Å². The molecule has 2 heterocycles. The zero-order chi connectivity index (χ0) is 20.5. The predicted molar refractivity (Wildman–Crippen MR) is 121 cm³/mol. The average molecular weight is 413 g/mol. The Labute approximate surface area is 178 Å². The van der Waals surface area contributed by atoms with Gasteiger partial charge in [0.25, 0.3) is 0 Å².